The van der Waals surface area contributed by atoms with Gasteiger partial charge in [-0.1, -0.05) is 11.6 Å². The van der Waals surface area contributed by atoms with Gasteiger partial charge in [0.25, 0.3) is 10.0 Å². The van der Waals surface area contributed by atoms with E-state index < -0.39 is 10.0 Å². The number of nitrogens with zero attached hydrogens (tertiary/aromatic N) is 1. The number of amides is 1. The summed E-state index contributed by atoms with van der Waals surface area (Å²) in [5, 5.41) is 4.96. The highest BCUT2D eigenvalue weighted by molar-refractivity contribution is 7.93. The van der Waals surface area contributed by atoms with E-state index in [1.165, 1.54) is 38.5 Å². The first-order chi connectivity index (χ1) is 14.3. The standard InChI is InChI=1S/C19H18ClN3O5S2/c1-27-14-5-8-16(17(10-14)28-2)22-18(24)9-13-11-29-19(21-13)23-30(25,26)15-6-3-12(20)4-7-15/h3-8,10-11H,9H2,1-2H3,(H,21,23)(H,22,24). The Bertz CT molecular complexity index is 1150. The highest BCUT2D eigenvalue weighted by atomic mass is 35.5. The molecule has 3 aromatic rings. The van der Waals surface area contributed by atoms with Crippen LogP contribution in [0.4, 0.5) is 10.8 Å². The van der Waals surface area contributed by atoms with E-state index in [2.05, 4.69) is 15.0 Å². The lowest BCUT2D eigenvalue weighted by molar-refractivity contribution is -0.115. The second-order valence-corrected chi connectivity index (χ2v) is 8.97. The molecule has 8 nitrogen and oxygen atoms in total. The van der Waals surface area contributed by atoms with Gasteiger partial charge in [0.15, 0.2) is 5.13 Å². The average molecular weight is 468 g/mol. The Kier molecular flexibility index (Phi) is 6.80. The van der Waals surface area contributed by atoms with Crippen LogP contribution in [-0.2, 0) is 21.2 Å². The minimum absolute atomic E-state index is 0.0334. The summed E-state index contributed by atoms with van der Waals surface area (Å²) in [6.45, 7) is 0. The van der Waals surface area contributed by atoms with Gasteiger partial charge in [-0.25, -0.2) is 13.4 Å². The normalized spacial score (nSPS) is 11.0. The maximum absolute atomic E-state index is 12.4. The van der Waals surface area contributed by atoms with E-state index in [4.69, 9.17) is 21.1 Å². The van der Waals surface area contributed by atoms with Crippen LogP contribution in [-0.4, -0.2) is 33.5 Å². The second kappa shape index (κ2) is 9.33. The lowest BCUT2D eigenvalue weighted by Crippen LogP contribution is -2.16. The third kappa shape index (κ3) is 5.41. The molecule has 1 amide bonds. The van der Waals surface area contributed by atoms with E-state index >= 15 is 0 Å². The van der Waals surface area contributed by atoms with Gasteiger partial charge in [0, 0.05) is 16.5 Å². The summed E-state index contributed by atoms with van der Waals surface area (Å²) >= 11 is 6.87. The molecule has 0 unspecified atom stereocenters. The summed E-state index contributed by atoms with van der Waals surface area (Å²) in [6, 6.07) is 10.8. The van der Waals surface area contributed by atoms with Crippen molar-refractivity contribution in [2.75, 3.05) is 24.3 Å². The van der Waals surface area contributed by atoms with Gasteiger partial charge in [-0.2, -0.15) is 0 Å². The Morgan fingerprint density at radius 1 is 1.13 bits per heavy atom. The number of benzene rings is 2. The maximum atomic E-state index is 12.4. The van der Waals surface area contributed by atoms with Gasteiger partial charge >= 0.3 is 0 Å². The minimum atomic E-state index is -3.80. The zero-order valence-electron chi connectivity index (χ0n) is 16.0. The number of nitrogens with one attached hydrogen (secondary N) is 2. The largest absolute Gasteiger partial charge is 0.497 e. The fraction of sp³-hybridized carbons (Fsp3) is 0.158. The predicted molar refractivity (Wildman–Crippen MR) is 116 cm³/mol. The first-order valence-electron chi connectivity index (χ1n) is 8.55. The number of aromatic nitrogens is 1. The van der Waals surface area contributed by atoms with Gasteiger partial charge in [0.05, 0.1) is 36.9 Å². The minimum Gasteiger partial charge on any atom is -0.497 e. The lowest BCUT2D eigenvalue weighted by Gasteiger charge is -2.11. The van der Waals surface area contributed by atoms with Crippen LogP contribution >= 0.6 is 22.9 Å². The fourth-order valence-corrected chi connectivity index (χ4v) is 4.57. The molecule has 0 aliphatic heterocycles. The molecule has 0 aliphatic carbocycles. The molecule has 0 bridgehead atoms. The number of carbonyl (C=O) groups excluding carboxylic acids is 1. The number of hydrogen-bond donors (Lipinski definition) is 2. The molecule has 0 aliphatic rings. The Balaban J connectivity index is 1.65. The summed E-state index contributed by atoms with van der Waals surface area (Å²) in [7, 11) is -0.773. The van der Waals surface area contributed by atoms with Crippen LogP contribution in [0.5, 0.6) is 11.5 Å². The number of halogens is 1. The molecule has 0 atom stereocenters. The molecule has 0 radical (unpaired) electrons. The summed E-state index contributed by atoms with van der Waals surface area (Å²) in [4.78, 5) is 16.6. The van der Waals surface area contributed by atoms with E-state index in [-0.39, 0.29) is 22.4 Å². The molecule has 0 fully saturated rings. The van der Waals surface area contributed by atoms with Crippen LogP contribution in [0.3, 0.4) is 0 Å². The molecule has 3 rings (SSSR count). The Labute approximate surface area is 182 Å². The van der Waals surface area contributed by atoms with Crippen molar-refractivity contribution < 1.29 is 22.7 Å². The van der Waals surface area contributed by atoms with E-state index in [0.717, 1.165) is 11.3 Å². The first-order valence-corrected chi connectivity index (χ1v) is 11.3. The van der Waals surface area contributed by atoms with Crippen molar-refractivity contribution in [2.45, 2.75) is 11.3 Å². The van der Waals surface area contributed by atoms with E-state index in [1.54, 1.807) is 23.6 Å². The molecule has 0 saturated carbocycles. The number of carbonyl (C=O) groups is 1. The van der Waals surface area contributed by atoms with Crippen LogP contribution in [0.15, 0.2) is 52.7 Å². The molecule has 0 saturated heterocycles. The smallest absolute Gasteiger partial charge is 0.263 e. The van der Waals surface area contributed by atoms with Gasteiger partial charge in [0.2, 0.25) is 5.91 Å². The fourth-order valence-electron chi connectivity index (χ4n) is 2.48. The lowest BCUT2D eigenvalue weighted by atomic mass is 10.2. The predicted octanol–water partition coefficient (Wildman–Crippen LogP) is 3.80. The number of ether oxygens (including phenoxy) is 2. The van der Waals surface area contributed by atoms with Gasteiger partial charge in [-0.05, 0) is 36.4 Å². The number of rotatable bonds is 8. The third-order valence-corrected chi connectivity index (χ3v) is 6.46. The number of thiazole rings is 1. The van der Waals surface area contributed by atoms with Gasteiger partial charge in [-0.15, -0.1) is 11.3 Å². The molecule has 11 heteroatoms. The van der Waals surface area contributed by atoms with Gasteiger partial charge < -0.3 is 14.8 Å². The molecule has 2 N–H and O–H groups in total. The second-order valence-electron chi connectivity index (χ2n) is 5.99. The zero-order chi connectivity index (χ0) is 21.7. The quantitative estimate of drug-likeness (QED) is 0.522. The molecular formula is C19H18ClN3O5S2. The van der Waals surface area contributed by atoms with Crippen LogP contribution in [0, 0.1) is 0 Å². The summed E-state index contributed by atoms with van der Waals surface area (Å²) in [6.07, 6.45) is -0.0334. The summed E-state index contributed by atoms with van der Waals surface area (Å²) in [5.41, 5.74) is 0.918. The van der Waals surface area contributed by atoms with Gasteiger partial charge in [0.1, 0.15) is 11.5 Å². The monoisotopic (exact) mass is 467 g/mol. The zero-order valence-corrected chi connectivity index (χ0v) is 18.4. The number of anilines is 2. The topological polar surface area (TPSA) is 107 Å². The highest BCUT2D eigenvalue weighted by Gasteiger charge is 2.17. The Morgan fingerprint density at radius 3 is 2.53 bits per heavy atom. The molecule has 0 spiro atoms. The molecule has 158 valence electrons. The van der Waals surface area contributed by atoms with E-state index in [0.29, 0.717) is 27.9 Å². The van der Waals surface area contributed by atoms with Crippen molar-refractivity contribution in [3.63, 3.8) is 0 Å². The molecular weight excluding hydrogens is 450 g/mol. The average Bonchev–Trinajstić information content (AvgIpc) is 3.14. The number of hydrogen-bond acceptors (Lipinski definition) is 7. The molecule has 2 aromatic carbocycles. The van der Waals surface area contributed by atoms with Crippen molar-refractivity contribution in [1.29, 1.82) is 0 Å². The van der Waals surface area contributed by atoms with Gasteiger partial charge in [-0.3, -0.25) is 9.52 Å². The Hall–Kier alpha value is -2.82. The van der Waals surface area contributed by atoms with Crippen molar-refractivity contribution >= 4 is 49.7 Å². The molecule has 1 heterocycles. The molecule has 1 aromatic heterocycles. The van der Waals surface area contributed by atoms with Crippen LogP contribution in [0.2, 0.25) is 5.02 Å². The highest BCUT2D eigenvalue weighted by Crippen LogP contribution is 2.29. The van der Waals surface area contributed by atoms with Crippen LogP contribution < -0.4 is 19.5 Å². The van der Waals surface area contributed by atoms with E-state index in [9.17, 15) is 13.2 Å². The maximum Gasteiger partial charge on any atom is 0.263 e. The third-order valence-electron chi connectivity index (χ3n) is 3.92. The van der Waals surface area contributed by atoms with Crippen molar-refractivity contribution in [2.24, 2.45) is 0 Å². The van der Waals surface area contributed by atoms with Crippen LogP contribution in [0.25, 0.3) is 0 Å². The Morgan fingerprint density at radius 2 is 1.87 bits per heavy atom. The van der Waals surface area contributed by atoms with Crippen molar-refractivity contribution in [3.05, 3.63) is 58.6 Å². The van der Waals surface area contributed by atoms with E-state index in [1.807, 2.05) is 0 Å². The van der Waals surface area contributed by atoms with Crippen molar-refractivity contribution in [3.8, 4) is 11.5 Å². The number of sulfonamides is 1. The SMILES string of the molecule is COc1ccc(NC(=O)Cc2csc(NS(=O)(=O)c3ccc(Cl)cc3)n2)c(OC)c1. The first kappa shape index (κ1) is 21.9. The van der Waals surface area contributed by atoms with Crippen LogP contribution in [0.1, 0.15) is 5.69 Å². The summed E-state index contributed by atoms with van der Waals surface area (Å²) < 4.78 is 37.6. The summed E-state index contributed by atoms with van der Waals surface area (Å²) in [5.74, 6) is 0.732. The number of methoxy groups -OCH3 is 2. The van der Waals surface area contributed by atoms with Crippen molar-refractivity contribution in [1.82, 2.24) is 4.98 Å². The molecule has 30 heavy (non-hydrogen) atoms.